The average molecular weight is 234 g/mol. The van der Waals surface area contributed by atoms with E-state index in [1.54, 1.807) is 6.20 Å². The molecule has 0 unspecified atom stereocenters. The van der Waals surface area contributed by atoms with Gasteiger partial charge in [0.05, 0.1) is 18.3 Å². The van der Waals surface area contributed by atoms with Gasteiger partial charge >= 0.3 is 5.97 Å². The highest BCUT2D eigenvalue weighted by Crippen LogP contribution is 2.16. The van der Waals surface area contributed by atoms with Crippen molar-refractivity contribution in [1.29, 1.82) is 0 Å². The van der Waals surface area contributed by atoms with Gasteiger partial charge in [-0.3, -0.25) is 4.98 Å². The van der Waals surface area contributed by atoms with E-state index < -0.39 is 0 Å². The van der Waals surface area contributed by atoms with E-state index in [0.717, 1.165) is 10.7 Å². The summed E-state index contributed by atoms with van der Waals surface area (Å²) in [6, 6.07) is 5.72. The molecule has 0 saturated heterocycles. The van der Waals surface area contributed by atoms with Crippen LogP contribution in [0.25, 0.3) is 0 Å². The van der Waals surface area contributed by atoms with Crippen LogP contribution in [0.4, 0.5) is 0 Å². The molecular formula is C11H10N2O2S. The minimum atomic E-state index is -0.343. The Bertz CT molecular complexity index is 482. The lowest BCUT2D eigenvalue weighted by Gasteiger charge is -1.95. The number of hydrogen-bond donors (Lipinski definition) is 0. The maximum Gasteiger partial charge on any atom is 0.349 e. The lowest BCUT2D eigenvalue weighted by molar-refractivity contribution is 0.0606. The minimum Gasteiger partial charge on any atom is -0.465 e. The van der Waals surface area contributed by atoms with Gasteiger partial charge in [-0.1, -0.05) is 6.07 Å². The molecule has 0 N–H and O–H groups in total. The van der Waals surface area contributed by atoms with Crippen LogP contribution in [-0.4, -0.2) is 23.0 Å². The lowest BCUT2D eigenvalue weighted by atomic mass is 10.3. The summed E-state index contributed by atoms with van der Waals surface area (Å²) in [5.41, 5.74) is 0.938. The van der Waals surface area contributed by atoms with Crippen molar-refractivity contribution >= 4 is 17.3 Å². The second-order valence-corrected chi connectivity index (χ2v) is 4.22. The van der Waals surface area contributed by atoms with Gasteiger partial charge < -0.3 is 4.74 Å². The van der Waals surface area contributed by atoms with Gasteiger partial charge in [0.1, 0.15) is 4.88 Å². The van der Waals surface area contributed by atoms with E-state index >= 15 is 0 Å². The van der Waals surface area contributed by atoms with Gasteiger partial charge in [-0.25, -0.2) is 9.78 Å². The van der Waals surface area contributed by atoms with E-state index in [2.05, 4.69) is 14.7 Å². The van der Waals surface area contributed by atoms with E-state index in [1.807, 2.05) is 18.2 Å². The van der Waals surface area contributed by atoms with E-state index in [1.165, 1.54) is 24.6 Å². The van der Waals surface area contributed by atoms with Crippen LogP contribution in [0.1, 0.15) is 20.4 Å². The Kier molecular flexibility index (Phi) is 3.26. The Hall–Kier alpha value is -1.75. The Morgan fingerprint density at radius 2 is 2.31 bits per heavy atom. The Morgan fingerprint density at radius 1 is 1.44 bits per heavy atom. The molecule has 0 aromatic carbocycles. The highest BCUT2D eigenvalue weighted by molar-refractivity contribution is 7.13. The molecule has 0 spiro atoms. The molecule has 0 radical (unpaired) electrons. The van der Waals surface area contributed by atoms with Gasteiger partial charge in [0, 0.05) is 18.3 Å². The maximum atomic E-state index is 11.2. The number of thiazole rings is 1. The summed E-state index contributed by atoms with van der Waals surface area (Å²) in [5.74, 6) is -0.343. The van der Waals surface area contributed by atoms with Crippen LogP contribution in [-0.2, 0) is 11.2 Å². The van der Waals surface area contributed by atoms with Crippen LogP contribution in [0.2, 0.25) is 0 Å². The van der Waals surface area contributed by atoms with Gasteiger partial charge in [0.15, 0.2) is 0 Å². The van der Waals surface area contributed by atoms with Gasteiger partial charge in [-0.2, -0.15) is 0 Å². The quantitative estimate of drug-likeness (QED) is 0.761. The standard InChI is InChI=1S/C11H10N2O2S/c1-15-11(14)9-7-13-10(16-9)6-8-4-2-3-5-12-8/h2-5,7H,6H2,1H3. The summed E-state index contributed by atoms with van der Waals surface area (Å²) in [6.45, 7) is 0. The number of rotatable bonds is 3. The van der Waals surface area contributed by atoms with Crippen LogP contribution >= 0.6 is 11.3 Å². The maximum absolute atomic E-state index is 11.2. The van der Waals surface area contributed by atoms with Crippen molar-refractivity contribution in [3.63, 3.8) is 0 Å². The average Bonchev–Trinajstić information content (AvgIpc) is 2.78. The zero-order valence-electron chi connectivity index (χ0n) is 8.71. The highest BCUT2D eigenvalue weighted by atomic mass is 32.1. The first-order valence-electron chi connectivity index (χ1n) is 4.72. The molecule has 82 valence electrons. The number of hydrogen-bond acceptors (Lipinski definition) is 5. The normalized spacial score (nSPS) is 10.1. The predicted octanol–water partition coefficient (Wildman–Crippen LogP) is 1.92. The number of esters is 1. The monoisotopic (exact) mass is 234 g/mol. The van der Waals surface area contributed by atoms with E-state index in [-0.39, 0.29) is 5.97 Å². The molecule has 2 rings (SSSR count). The first kappa shape index (κ1) is 10.8. The molecule has 0 bridgehead atoms. The zero-order chi connectivity index (χ0) is 11.4. The van der Waals surface area contributed by atoms with Crippen LogP contribution in [0.3, 0.4) is 0 Å². The third kappa shape index (κ3) is 2.43. The molecule has 4 nitrogen and oxygen atoms in total. The first-order valence-corrected chi connectivity index (χ1v) is 5.54. The fraction of sp³-hybridized carbons (Fsp3) is 0.182. The predicted molar refractivity (Wildman–Crippen MR) is 60.5 cm³/mol. The SMILES string of the molecule is COC(=O)c1cnc(Cc2ccccn2)s1. The van der Waals surface area contributed by atoms with E-state index in [4.69, 9.17) is 0 Å². The van der Waals surface area contributed by atoms with Crippen molar-refractivity contribution in [3.8, 4) is 0 Å². The summed E-state index contributed by atoms with van der Waals surface area (Å²) in [7, 11) is 1.36. The summed E-state index contributed by atoms with van der Waals surface area (Å²) >= 11 is 1.33. The molecule has 2 heterocycles. The molecule has 0 aliphatic heterocycles. The largest absolute Gasteiger partial charge is 0.465 e. The van der Waals surface area contributed by atoms with Crippen molar-refractivity contribution in [2.45, 2.75) is 6.42 Å². The number of aromatic nitrogens is 2. The molecule has 0 amide bonds. The van der Waals surface area contributed by atoms with Crippen LogP contribution < -0.4 is 0 Å². The van der Waals surface area contributed by atoms with Gasteiger partial charge in [-0.15, -0.1) is 11.3 Å². The molecular weight excluding hydrogens is 224 g/mol. The van der Waals surface area contributed by atoms with Crippen molar-refractivity contribution < 1.29 is 9.53 Å². The fourth-order valence-electron chi connectivity index (χ4n) is 1.24. The van der Waals surface area contributed by atoms with Crippen molar-refractivity contribution in [2.75, 3.05) is 7.11 Å². The minimum absolute atomic E-state index is 0.343. The fourth-order valence-corrected chi connectivity index (χ4v) is 2.10. The molecule has 0 atom stereocenters. The molecule has 0 saturated carbocycles. The number of nitrogens with zero attached hydrogens (tertiary/aromatic N) is 2. The van der Waals surface area contributed by atoms with Crippen molar-refractivity contribution in [1.82, 2.24) is 9.97 Å². The van der Waals surface area contributed by atoms with Gasteiger partial charge in [-0.05, 0) is 12.1 Å². The second-order valence-electron chi connectivity index (χ2n) is 3.11. The number of ether oxygens (including phenoxy) is 1. The number of carbonyl (C=O) groups is 1. The molecule has 2 aromatic rings. The molecule has 0 fully saturated rings. The summed E-state index contributed by atoms with van der Waals surface area (Å²) in [6.07, 6.45) is 3.92. The Labute approximate surface area is 96.9 Å². The van der Waals surface area contributed by atoms with Gasteiger partial charge in [0.2, 0.25) is 0 Å². The Balaban J connectivity index is 2.12. The highest BCUT2D eigenvalue weighted by Gasteiger charge is 2.10. The lowest BCUT2D eigenvalue weighted by Crippen LogP contribution is -1.96. The Morgan fingerprint density at radius 3 is 3.00 bits per heavy atom. The second kappa shape index (κ2) is 4.85. The number of methoxy groups -OCH3 is 1. The topological polar surface area (TPSA) is 52.1 Å². The van der Waals surface area contributed by atoms with Crippen LogP contribution in [0.5, 0.6) is 0 Å². The summed E-state index contributed by atoms with van der Waals surface area (Å²) < 4.78 is 4.62. The van der Waals surface area contributed by atoms with Gasteiger partial charge in [0.25, 0.3) is 0 Å². The smallest absolute Gasteiger partial charge is 0.349 e. The third-order valence-corrected chi connectivity index (χ3v) is 2.98. The first-order chi connectivity index (χ1) is 7.79. The van der Waals surface area contributed by atoms with E-state index in [9.17, 15) is 4.79 Å². The molecule has 2 aromatic heterocycles. The van der Waals surface area contributed by atoms with Crippen LogP contribution in [0, 0.1) is 0 Å². The number of carbonyl (C=O) groups excluding carboxylic acids is 1. The summed E-state index contributed by atoms with van der Waals surface area (Å²) in [5, 5.41) is 0.860. The molecule has 0 aliphatic rings. The number of pyridine rings is 1. The van der Waals surface area contributed by atoms with Crippen LogP contribution in [0.15, 0.2) is 30.6 Å². The molecule has 0 aliphatic carbocycles. The molecule has 5 heteroatoms. The van der Waals surface area contributed by atoms with E-state index in [0.29, 0.717) is 11.3 Å². The zero-order valence-corrected chi connectivity index (χ0v) is 9.53. The van der Waals surface area contributed by atoms with Crippen molar-refractivity contribution in [3.05, 3.63) is 46.2 Å². The third-order valence-electron chi connectivity index (χ3n) is 2.00. The summed E-state index contributed by atoms with van der Waals surface area (Å²) in [4.78, 5) is 20.1. The van der Waals surface area contributed by atoms with Crippen molar-refractivity contribution in [2.24, 2.45) is 0 Å². The molecule has 16 heavy (non-hydrogen) atoms.